The average molecular weight is 281 g/mol. The van der Waals surface area contributed by atoms with Crippen molar-refractivity contribution in [2.45, 2.75) is 20.0 Å². The molecule has 6 heteroatoms. The third-order valence-corrected chi connectivity index (χ3v) is 3.22. The van der Waals surface area contributed by atoms with Crippen LogP contribution in [-0.2, 0) is 11.4 Å². The second-order valence-corrected chi connectivity index (χ2v) is 5.11. The van der Waals surface area contributed by atoms with E-state index >= 15 is 0 Å². The maximum absolute atomic E-state index is 10.7. The van der Waals surface area contributed by atoms with Crippen molar-refractivity contribution < 1.29 is 14.8 Å². The summed E-state index contributed by atoms with van der Waals surface area (Å²) in [6, 6.07) is 4.61. The van der Waals surface area contributed by atoms with Gasteiger partial charge in [0.1, 0.15) is 0 Å². The molecule has 0 aliphatic carbocycles. The Kier molecular flexibility index (Phi) is 6.24. The van der Waals surface area contributed by atoms with E-state index in [1.54, 1.807) is 12.1 Å². The molecule has 102 valence electrons. The fraction of sp³-hybridized carbons (Fsp3) is 0.308. The zero-order valence-corrected chi connectivity index (χ0v) is 11.4. The summed E-state index contributed by atoms with van der Waals surface area (Å²) in [6.07, 6.45) is 4.47. The molecule has 0 spiro atoms. The number of aliphatic hydroxyl groups excluding tert-OH is 1. The van der Waals surface area contributed by atoms with Gasteiger partial charge in [-0.3, -0.25) is 14.9 Å². The van der Waals surface area contributed by atoms with Gasteiger partial charge in [-0.1, -0.05) is 23.9 Å². The van der Waals surface area contributed by atoms with Crippen LogP contribution in [-0.4, -0.2) is 20.9 Å². The quantitative estimate of drug-likeness (QED) is 0.492. The summed E-state index contributed by atoms with van der Waals surface area (Å²) in [6.45, 7) is 1.16. The van der Waals surface area contributed by atoms with Crippen LogP contribution in [0.25, 0.3) is 6.08 Å². The highest BCUT2D eigenvalue weighted by atomic mass is 32.2. The molecule has 1 aromatic carbocycles. The Morgan fingerprint density at radius 3 is 2.84 bits per heavy atom. The van der Waals surface area contributed by atoms with Crippen LogP contribution in [0.1, 0.15) is 24.5 Å². The number of nitrogens with zero attached hydrogens (tertiary/aromatic N) is 1. The van der Waals surface area contributed by atoms with Crippen molar-refractivity contribution in [3.8, 4) is 0 Å². The van der Waals surface area contributed by atoms with Gasteiger partial charge in [0, 0.05) is 18.7 Å². The van der Waals surface area contributed by atoms with E-state index in [9.17, 15) is 14.9 Å². The number of carbonyl (C=O) groups excluding carboxylic acids is 1. The summed E-state index contributed by atoms with van der Waals surface area (Å²) in [5.41, 5.74) is 1.01. The number of nitro benzene ring substituents is 1. The Labute approximate surface area is 115 Å². The van der Waals surface area contributed by atoms with Crippen LogP contribution in [0.5, 0.6) is 0 Å². The Bertz CT molecular complexity index is 499. The molecule has 0 heterocycles. The maximum Gasteiger partial charge on any atom is 0.274 e. The molecule has 0 aliphatic rings. The predicted octanol–water partition coefficient (Wildman–Crippen LogP) is 2.77. The first-order chi connectivity index (χ1) is 9.04. The molecule has 5 nitrogen and oxygen atoms in total. The summed E-state index contributed by atoms with van der Waals surface area (Å²) in [7, 11) is 0. The number of benzene rings is 1. The lowest BCUT2D eigenvalue weighted by Crippen LogP contribution is -1.95. The van der Waals surface area contributed by atoms with Gasteiger partial charge in [-0.25, -0.2) is 0 Å². The van der Waals surface area contributed by atoms with Gasteiger partial charge in [-0.2, -0.15) is 0 Å². The standard InChI is InChI=1S/C13H15NO4S/c1-10(16)19-7-3-2-4-11-5-6-13(14(17)18)12(8-11)9-15/h2,4-6,8,15H,3,7,9H2,1H3. The van der Waals surface area contributed by atoms with E-state index in [1.807, 2.05) is 12.2 Å². The first kappa shape index (κ1) is 15.4. The molecule has 0 aliphatic heterocycles. The van der Waals surface area contributed by atoms with Crippen LogP contribution in [0.15, 0.2) is 24.3 Å². The fourth-order valence-electron chi connectivity index (χ4n) is 1.50. The van der Waals surface area contributed by atoms with Crippen molar-refractivity contribution in [2.75, 3.05) is 5.75 Å². The number of allylic oxidation sites excluding steroid dienone is 1. The Hall–Kier alpha value is -1.66. The van der Waals surface area contributed by atoms with E-state index in [1.165, 1.54) is 24.8 Å². The molecule has 0 saturated carbocycles. The van der Waals surface area contributed by atoms with Crippen molar-refractivity contribution >= 4 is 28.6 Å². The molecular formula is C13H15NO4S. The predicted molar refractivity (Wildman–Crippen MR) is 75.8 cm³/mol. The molecule has 0 unspecified atom stereocenters. The minimum atomic E-state index is -0.511. The zero-order valence-electron chi connectivity index (χ0n) is 10.5. The molecule has 1 N–H and O–H groups in total. The molecule has 0 atom stereocenters. The van der Waals surface area contributed by atoms with E-state index in [4.69, 9.17) is 5.11 Å². The van der Waals surface area contributed by atoms with E-state index in [0.29, 0.717) is 11.3 Å². The van der Waals surface area contributed by atoms with Crippen LogP contribution in [0, 0.1) is 10.1 Å². The summed E-state index contributed by atoms with van der Waals surface area (Å²) in [4.78, 5) is 20.9. The largest absolute Gasteiger partial charge is 0.391 e. The molecule has 1 rings (SSSR count). The van der Waals surface area contributed by atoms with Crippen molar-refractivity contribution in [1.82, 2.24) is 0 Å². The van der Waals surface area contributed by atoms with Crippen molar-refractivity contribution in [1.29, 1.82) is 0 Å². The van der Waals surface area contributed by atoms with Gasteiger partial charge < -0.3 is 5.11 Å². The number of rotatable bonds is 6. The zero-order chi connectivity index (χ0) is 14.3. The van der Waals surface area contributed by atoms with Crippen LogP contribution in [0.2, 0.25) is 0 Å². The SMILES string of the molecule is CC(=O)SCCC=Cc1ccc([N+](=O)[O-])c(CO)c1. The Balaban J connectivity index is 2.67. The van der Waals surface area contributed by atoms with Gasteiger partial charge in [-0.05, 0) is 24.1 Å². The van der Waals surface area contributed by atoms with Crippen LogP contribution in [0.4, 0.5) is 5.69 Å². The topological polar surface area (TPSA) is 80.4 Å². The highest BCUT2D eigenvalue weighted by molar-refractivity contribution is 8.13. The molecule has 0 saturated heterocycles. The number of hydrogen-bond acceptors (Lipinski definition) is 5. The Morgan fingerprint density at radius 1 is 1.53 bits per heavy atom. The molecule has 1 aromatic rings. The van der Waals surface area contributed by atoms with Crippen molar-refractivity contribution in [3.05, 3.63) is 45.5 Å². The second kappa shape index (κ2) is 7.70. The van der Waals surface area contributed by atoms with E-state index in [0.717, 1.165) is 12.0 Å². The lowest BCUT2D eigenvalue weighted by Gasteiger charge is -2.01. The third kappa shape index (κ3) is 5.23. The monoisotopic (exact) mass is 281 g/mol. The minimum absolute atomic E-state index is 0.0771. The van der Waals surface area contributed by atoms with Crippen LogP contribution < -0.4 is 0 Å². The van der Waals surface area contributed by atoms with Crippen molar-refractivity contribution in [3.63, 3.8) is 0 Å². The lowest BCUT2D eigenvalue weighted by atomic mass is 10.1. The number of hydrogen-bond donors (Lipinski definition) is 1. The van der Waals surface area contributed by atoms with Crippen LogP contribution >= 0.6 is 11.8 Å². The van der Waals surface area contributed by atoms with Gasteiger partial charge in [-0.15, -0.1) is 0 Å². The second-order valence-electron chi connectivity index (χ2n) is 3.83. The molecule has 0 amide bonds. The summed E-state index contributed by atoms with van der Waals surface area (Å²) in [5, 5.41) is 19.9. The molecule has 0 bridgehead atoms. The smallest absolute Gasteiger partial charge is 0.274 e. The number of carbonyl (C=O) groups is 1. The summed E-state index contributed by atoms with van der Waals surface area (Å²) < 4.78 is 0. The molecule has 0 fully saturated rings. The van der Waals surface area contributed by atoms with E-state index in [-0.39, 0.29) is 17.4 Å². The molecule has 0 aromatic heterocycles. The third-order valence-electron chi connectivity index (χ3n) is 2.37. The van der Waals surface area contributed by atoms with E-state index in [2.05, 4.69) is 0 Å². The Morgan fingerprint density at radius 2 is 2.26 bits per heavy atom. The summed E-state index contributed by atoms with van der Waals surface area (Å²) in [5.74, 6) is 0.714. The first-order valence-corrected chi connectivity index (χ1v) is 6.71. The maximum atomic E-state index is 10.7. The highest BCUT2D eigenvalue weighted by Crippen LogP contribution is 2.20. The highest BCUT2D eigenvalue weighted by Gasteiger charge is 2.12. The normalized spacial score (nSPS) is 10.8. The van der Waals surface area contributed by atoms with Gasteiger partial charge in [0.15, 0.2) is 5.12 Å². The number of aliphatic hydroxyl groups is 1. The van der Waals surface area contributed by atoms with E-state index < -0.39 is 4.92 Å². The lowest BCUT2D eigenvalue weighted by molar-refractivity contribution is -0.385. The summed E-state index contributed by atoms with van der Waals surface area (Å²) >= 11 is 1.26. The molecular weight excluding hydrogens is 266 g/mol. The molecule has 0 radical (unpaired) electrons. The average Bonchev–Trinajstić information content (AvgIpc) is 2.37. The van der Waals surface area contributed by atoms with Crippen LogP contribution in [0.3, 0.4) is 0 Å². The molecule has 19 heavy (non-hydrogen) atoms. The van der Waals surface area contributed by atoms with Gasteiger partial charge in [0.2, 0.25) is 0 Å². The minimum Gasteiger partial charge on any atom is -0.391 e. The van der Waals surface area contributed by atoms with Crippen molar-refractivity contribution in [2.24, 2.45) is 0 Å². The first-order valence-electron chi connectivity index (χ1n) is 5.72. The van der Waals surface area contributed by atoms with Gasteiger partial charge in [0.05, 0.1) is 17.1 Å². The number of thioether (sulfide) groups is 1. The van der Waals surface area contributed by atoms with Gasteiger partial charge in [0.25, 0.3) is 5.69 Å². The fourth-order valence-corrected chi connectivity index (χ4v) is 2.05. The number of nitro groups is 1. The van der Waals surface area contributed by atoms with Gasteiger partial charge >= 0.3 is 0 Å².